The largest absolute Gasteiger partial charge is 0.462 e. The van der Waals surface area contributed by atoms with Gasteiger partial charge in [-0.05, 0) is 35.0 Å². The fraction of sp³-hybridized carbons (Fsp3) is 0.238. The molecule has 1 amide bonds. The number of fused-ring (bicyclic) bond motifs is 3. The lowest BCUT2D eigenvalue weighted by molar-refractivity contribution is -0.384. The number of nitro groups is 1. The average molecular weight is 472 g/mol. The van der Waals surface area contributed by atoms with Crippen LogP contribution in [0.3, 0.4) is 0 Å². The Morgan fingerprint density at radius 2 is 2.03 bits per heavy atom. The molecule has 3 aromatic rings. The predicted octanol–water partition coefficient (Wildman–Crippen LogP) is 4.21. The van der Waals surface area contributed by atoms with Crippen molar-refractivity contribution in [3.63, 3.8) is 0 Å². The number of nitro benzene ring substituents is 1. The molecule has 1 aromatic heterocycles. The number of rotatable bonds is 4. The molecule has 1 aliphatic heterocycles. The molecule has 30 heavy (non-hydrogen) atoms. The fourth-order valence-corrected chi connectivity index (χ4v) is 4.20. The van der Waals surface area contributed by atoms with Crippen molar-refractivity contribution in [3.8, 4) is 0 Å². The van der Waals surface area contributed by atoms with E-state index in [-0.39, 0.29) is 29.3 Å². The second kappa shape index (κ2) is 7.91. The molecule has 0 saturated heterocycles. The lowest BCUT2D eigenvalue weighted by atomic mass is 10.0. The van der Waals surface area contributed by atoms with Crippen LogP contribution in [0.2, 0.25) is 0 Å². The van der Waals surface area contributed by atoms with Crippen molar-refractivity contribution in [1.29, 1.82) is 0 Å². The van der Waals surface area contributed by atoms with Crippen LogP contribution in [0, 0.1) is 10.1 Å². The number of hydrogen-bond acceptors (Lipinski definition) is 5. The normalized spacial score (nSPS) is 13.2. The third-order valence-corrected chi connectivity index (χ3v) is 5.79. The topological polar surface area (TPSA) is 106 Å². The predicted molar refractivity (Wildman–Crippen MR) is 113 cm³/mol. The van der Waals surface area contributed by atoms with Crippen molar-refractivity contribution in [2.24, 2.45) is 0 Å². The minimum absolute atomic E-state index is 0.0110. The van der Waals surface area contributed by atoms with Crippen molar-refractivity contribution >= 4 is 44.4 Å². The molecule has 0 saturated carbocycles. The first-order valence-corrected chi connectivity index (χ1v) is 10.2. The number of amides is 1. The van der Waals surface area contributed by atoms with E-state index in [1.165, 1.54) is 12.1 Å². The van der Waals surface area contributed by atoms with Crippen LogP contribution < -0.4 is 0 Å². The lowest BCUT2D eigenvalue weighted by Crippen LogP contribution is -2.36. The minimum Gasteiger partial charge on any atom is -0.462 e. The van der Waals surface area contributed by atoms with Crippen LogP contribution in [0.5, 0.6) is 0 Å². The summed E-state index contributed by atoms with van der Waals surface area (Å²) in [7, 11) is 0. The number of non-ortho nitro benzene ring substituents is 1. The summed E-state index contributed by atoms with van der Waals surface area (Å²) in [6.07, 6.45) is 0.641. The fourth-order valence-electron chi connectivity index (χ4n) is 3.73. The van der Waals surface area contributed by atoms with E-state index in [2.05, 4.69) is 20.9 Å². The van der Waals surface area contributed by atoms with Crippen LogP contribution in [0.1, 0.15) is 38.9 Å². The Bertz CT molecular complexity index is 1190. The zero-order valence-corrected chi connectivity index (χ0v) is 17.7. The molecule has 154 valence electrons. The Labute approximate surface area is 180 Å². The molecule has 2 heterocycles. The third kappa shape index (κ3) is 3.56. The first kappa shape index (κ1) is 20.1. The van der Waals surface area contributed by atoms with Crippen molar-refractivity contribution in [1.82, 2.24) is 9.88 Å². The summed E-state index contributed by atoms with van der Waals surface area (Å²) >= 11 is 3.54. The maximum absolute atomic E-state index is 13.2. The van der Waals surface area contributed by atoms with E-state index >= 15 is 0 Å². The van der Waals surface area contributed by atoms with E-state index in [0.717, 1.165) is 32.7 Å². The number of nitrogens with zero attached hydrogens (tertiary/aromatic N) is 2. The highest BCUT2D eigenvalue weighted by molar-refractivity contribution is 9.10. The number of aromatic amines is 1. The van der Waals surface area contributed by atoms with E-state index in [1.807, 2.05) is 18.2 Å². The molecular formula is C21H18BrN3O5. The summed E-state index contributed by atoms with van der Waals surface area (Å²) in [6.45, 7) is 2.62. The maximum Gasteiger partial charge on any atom is 0.338 e. The molecule has 4 rings (SSSR count). The van der Waals surface area contributed by atoms with E-state index in [4.69, 9.17) is 4.74 Å². The number of carbonyl (C=O) groups excluding carboxylic acids is 2. The van der Waals surface area contributed by atoms with Crippen molar-refractivity contribution in [2.45, 2.75) is 19.9 Å². The van der Waals surface area contributed by atoms with Gasteiger partial charge in [0.1, 0.15) is 0 Å². The van der Waals surface area contributed by atoms with E-state index in [1.54, 1.807) is 11.8 Å². The van der Waals surface area contributed by atoms with Gasteiger partial charge in [-0.1, -0.05) is 12.1 Å². The van der Waals surface area contributed by atoms with Gasteiger partial charge in [-0.15, -0.1) is 0 Å². The zero-order chi connectivity index (χ0) is 21.4. The van der Waals surface area contributed by atoms with E-state index in [0.29, 0.717) is 19.5 Å². The van der Waals surface area contributed by atoms with E-state index in [9.17, 15) is 19.7 Å². The third-order valence-electron chi connectivity index (χ3n) is 5.13. The SMILES string of the molecule is CCOC(=O)c1cc(C(=O)N2CCc3[nH]c4c(Br)cccc4c3C2)cc([N+](=O)[O-])c1. The van der Waals surface area contributed by atoms with E-state index < -0.39 is 10.9 Å². The van der Waals surface area contributed by atoms with Gasteiger partial charge in [-0.3, -0.25) is 14.9 Å². The van der Waals surface area contributed by atoms with Crippen LogP contribution in [0.15, 0.2) is 40.9 Å². The second-order valence-corrected chi connectivity index (χ2v) is 7.82. The van der Waals surface area contributed by atoms with Crippen LogP contribution in [0.25, 0.3) is 10.9 Å². The number of ether oxygens (including phenoxy) is 1. The lowest BCUT2D eigenvalue weighted by Gasteiger charge is -2.27. The summed E-state index contributed by atoms with van der Waals surface area (Å²) in [4.78, 5) is 41.0. The molecule has 0 spiro atoms. The molecule has 1 aliphatic rings. The van der Waals surface area contributed by atoms with Crippen molar-refractivity contribution in [2.75, 3.05) is 13.2 Å². The van der Waals surface area contributed by atoms with Gasteiger partial charge >= 0.3 is 5.97 Å². The number of nitrogens with one attached hydrogen (secondary N) is 1. The van der Waals surface area contributed by atoms with Gasteiger partial charge < -0.3 is 14.6 Å². The van der Waals surface area contributed by atoms with Gasteiger partial charge in [-0.2, -0.15) is 0 Å². The van der Waals surface area contributed by atoms with Crippen LogP contribution in [0.4, 0.5) is 5.69 Å². The molecule has 0 radical (unpaired) electrons. The number of hydrogen-bond donors (Lipinski definition) is 1. The van der Waals surface area contributed by atoms with Crippen molar-refractivity contribution < 1.29 is 19.2 Å². The van der Waals surface area contributed by atoms with Gasteiger partial charge in [-0.25, -0.2) is 4.79 Å². The summed E-state index contributed by atoms with van der Waals surface area (Å²) in [5, 5.41) is 12.3. The van der Waals surface area contributed by atoms with Gasteiger partial charge in [0.2, 0.25) is 0 Å². The number of benzene rings is 2. The molecule has 2 aromatic carbocycles. The summed E-state index contributed by atoms with van der Waals surface area (Å²) in [5.41, 5.74) is 2.85. The highest BCUT2D eigenvalue weighted by Crippen LogP contribution is 2.32. The Morgan fingerprint density at radius 3 is 2.77 bits per heavy atom. The highest BCUT2D eigenvalue weighted by atomic mass is 79.9. The Morgan fingerprint density at radius 1 is 1.27 bits per heavy atom. The number of esters is 1. The van der Waals surface area contributed by atoms with Crippen LogP contribution in [-0.4, -0.2) is 39.8 Å². The Hall–Kier alpha value is -3.20. The number of halogens is 1. The number of aromatic nitrogens is 1. The highest BCUT2D eigenvalue weighted by Gasteiger charge is 2.27. The maximum atomic E-state index is 13.2. The number of H-pyrrole nitrogens is 1. The zero-order valence-electron chi connectivity index (χ0n) is 16.1. The molecule has 0 bridgehead atoms. The monoisotopic (exact) mass is 471 g/mol. The second-order valence-electron chi connectivity index (χ2n) is 6.97. The van der Waals surface area contributed by atoms with Crippen LogP contribution >= 0.6 is 15.9 Å². The molecule has 0 atom stereocenters. The molecule has 0 aliphatic carbocycles. The number of para-hydroxylation sites is 1. The van der Waals surface area contributed by atoms with Gasteiger partial charge in [0.25, 0.3) is 11.6 Å². The standard InChI is InChI=1S/C21H18BrN3O5/c1-2-30-21(27)13-8-12(9-14(10-13)25(28)29)20(26)24-7-6-18-16(11-24)15-4-3-5-17(22)19(15)23-18/h3-5,8-10,23H,2,6-7,11H2,1H3. The van der Waals surface area contributed by atoms with Gasteiger partial charge in [0.05, 0.1) is 22.6 Å². The molecule has 0 fully saturated rings. The first-order chi connectivity index (χ1) is 14.4. The molecule has 8 nitrogen and oxygen atoms in total. The summed E-state index contributed by atoms with van der Waals surface area (Å²) in [6, 6.07) is 9.57. The smallest absolute Gasteiger partial charge is 0.338 e. The van der Waals surface area contributed by atoms with Crippen LogP contribution in [-0.2, 0) is 17.7 Å². The van der Waals surface area contributed by atoms with Gasteiger partial charge in [0, 0.05) is 58.3 Å². The minimum atomic E-state index is -0.697. The quantitative estimate of drug-likeness (QED) is 0.348. The summed E-state index contributed by atoms with van der Waals surface area (Å²) < 4.78 is 5.89. The average Bonchev–Trinajstić information content (AvgIpc) is 3.12. The molecule has 1 N–H and O–H groups in total. The Balaban J connectivity index is 1.68. The number of carbonyl (C=O) groups is 2. The molecule has 9 heteroatoms. The Kier molecular flexibility index (Phi) is 5.29. The summed E-state index contributed by atoms with van der Waals surface area (Å²) in [5.74, 6) is -1.06. The molecule has 0 unspecified atom stereocenters. The van der Waals surface area contributed by atoms with Gasteiger partial charge in [0.15, 0.2) is 0 Å². The molecular weight excluding hydrogens is 454 g/mol. The van der Waals surface area contributed by atoms with Crippen molar-refractivity contribution in [3.05, 3.63) is 73.4 Å². The first-order valence-electron chi connectivity index (χ1n) is 9.43.